The Bertz CT molecular complexity index is 415. The maximum Gasteiger partial charge on any atom is 0.239 e. The average Bonchev–Trinajstić information content (AvgIpc) is 2.29. The van der Waals surface area contributed by atoms with Gasteiger partial charge in [-0.1, -0.05) is 15.9 Å². The van der Waals surface area contributed by atoms with Gasteiger partial charge in [-0.2, -0.15) is 0 Å². The standard InChI is InChI=1S/C12H16BrFN2O.ClH/c1-3-16(12(17)8(2)15)7-9-6-10(13)4-5-11(9)14;/h4-6,8H,3,7,15H2,1-2H3;1H/t8-;/m0./s1. The second kappa shape index (κ2) is 7.71. The van der Waals surface area contributed by atoms with E-state index in [0.29, 0.717) is 12.1 Å². The molecule has 0 saturated carbocycles. The average molecular weight is 340 g/mol. The van der Waals surface area contributed by atoms with Crippen molar-refractivity contribution in [1.82, 2.24) is 4.90 Å². The SMILES string of the molecule is CCN(Cc1cc(Br)ccc1F)C(=O)[C@H](C)N.Cl. The molecule has 0 aromatic heterocycles. The number of hydrogen-bond donors (Lipinski definition) is 1. The van der Waals surface area contributed by atoms with E-state index >= 15 is 0 Å². The van der Waals surface area contributed by atoms with Crippen LogP contribution >= 0.6 is 28.3 Å². The normalized spacial score (nSPS) is 11.6. The third kappa shape index (κ3) is 4.55. The zero-order chi connectivity index (χ0) is 13.0. The molecule has 0 aliphatic rings. The Labute approximate surface area is 121 Å². The molecule has 0 unspecified atom stereocenters. The fourth-order valence-electron chi connectivity index (χ4n) is 1.50. The van der Waals surface area contributed by atoms with Crippen LogP contribution in [0.25, 0.3) is 0 Å². The van der Waals surface area contributed by atoms with E-state index in [2.05, 4.69) is 15.9 Å². The number of nitrogens with two attached hydrogens (primary N) is 1. The van der Waals surface area contributed by atoms with Crippen molar-refractivity contribution in [1.29, 1.82) is 0 Å². The fraction of sp³-hybridized carbons (Fsp3) is 0.417. The highest BCUT2D eigenvalue weighted by Gasteiger charge is 2.17. The molecule has 2 N–H and O–H groups in total. The number of benzene rings is 1. The summed E-state index contributed by atoms with van der Waals surface area (Å²) in [5.41, 5.74) is 6.02. The lowest BCUT2D eigenvalue weighted by Gasteiger charge is -2.23. The Balaban J connectivity index is 0.00000289. The van der Waals surface area contributed by atoms with Crippen LogP contribution in [0.3, 0.4) is 0 Å². The van der Waals surface area contributed by atoms with Crippen molar-refractivity contribution < 1.29 is 9.18 Å². The van der Waals surface area contributed by atoms with Gasteiger partial charge < -0.3 is 10.6 Å². The minimum atomic E-state index is -0.565. The second-order valence-corrected chi connectivity index (χ2v) is 4.79. The molecular weight excluding hydrogens is 322 g/mol. The summed E-state index contributed by atoms with van der Waals surface area (Å²) in [5, 5.41) is 0. The van der Waals surface area contributed by atoms with Crippen LogP contribution in [-0.4, -0.2) is 23.4 Å². The van der Waals surface area contributed by atoms with Gasteiger partial charge in [0, 0.05) is 23.1 Å². The summed E-state index contributed by atoms with van der Waals surface area (Å²) >= 11 is 3.28. The van der Waals surface area contributed by atoms with Crippen LogP contribution in [0.4, 0.5) is 4.39 Å². The van der Waals surface area contributed by atoms with Crippen LogP contribution in [0.1, 0.15) is 19.4 Å². The topological polar surface area (TPSA) is 46.3 Å². The first-order valence-electron chi connectivity index (χ1n) is 5.44. The van der Waals surface area contributed by atoms with Gasteiger partial charge >= 0.3 is 0 Å². The van der Waals surface area contributed by atoms with Crippen molar-refractivity contribution in [3.63, 3.8) is 0 Å². The minimum Gasteiger partial charge on any atom is -0.337 e. The van der Waals surface area contributed by atoms with E-state index in [1.807, 2.05) is 6.92 Å². The number of likely N-dealkylation sites (N-methyl/N-ethyl adjacent to an activating group) is 1. The number of carbonyl (C=O) groups is 1. The highest BCUT2D eigenvalue weighted by atomic mass is 79.9. The van der Waals surface area contributed by atoms with Crippen molar-refractivity contribution in [2.45, 2.75) is 26.4 Å². The summed E-state index contributed by atoms with van der Waals surface area (Å²) in [4.78, 5) is 13.3. The van der Waals surface area contributed by atoms with Gasteiger partial charge in [0.2, 0.25) is 5.91 Å². The number of rotatable bonds is 4. The van der Waals surface area contributed by atoms with Crippen LogP contribution in [0.15, 0.2) is 22.7 Å². The smallest absolute Gasteiger partial charge is 0.239 e. The minimum absolute atomic E-state index is 0. The van der Waals surface area contributed by atoms with Crippen molar-refractivity contribution in [3.8, 4) is 0 Å². The van der Waals surface area contributed by atoms with Crippen LogP contribution in [0.2, 0.25) is 0 Å². The van der Waals surface area contributed by atoms with Gasteiger partial charge in [0.05, 0.1) is 6.04 Å². The van der Waals surface area contributed by atoms with E-state index in [-0.39, 0.29) is 30.7 Å². The molecule has 0 fully saturated rings. The van der Waals surface area contributed by atoms with Gasteiger partial charge in [0.1, 0.15) is 5.82 Å². The van der Waals surface area contributed by atoms with E-state index in [1.165, 1.54) is 11.0 Å². The molecule has 0 spiro atoms. The molecule has 0 aliphatic heterocycles. The number of halogens is 3. The number of nitrogens with zero attached hydrogens (tertiary/aromatic N) is 1. The molecule has 1 aromatic rings. The lowest BCUT2D eigenvalue weighted by Crippen LogP contribution is -2.41. The summed E-state index contributed by atoms with van der Waals surface area (Å²) in [6.45, 7) is 4.22. The van der Waals surface area contributed by atoms with Crippen molar-refractivity contribution in [2.24, 2.45) is 5.73 Å². The van der Waals surface area contributed by atoms with E-state index < -0.39 is 6.04 Å². The second-order valence-electron chi connectivity index (χ2n) is 3.88. The largest absolute Gasteiger partial charge is 0.337 e. The highest BCUT2D eigenvalue weighted by molar-refractivity contribution is 9.10. The first-order chi connectivity index (χ1) is 7.95. The first kappa shape index (κ1) is 17.4. The van der Waals surface area contributed by atoms with Crippen molar-refractivity contribution >= 4 is 34.2 Å². The van der Waals surface area contributed by atoms with Crippen LogP contribution in [0, 0.1) is 5.82 Å². The summed E-state index contributed by atoms with van der Waals surface area (Å²) < 4.78 is 14.3. The van der Waals surface area contributed by atoms with Crippen LogP contribution < -0.4 is 5.73 Å². The Morgan fingerprint density at radius 2 is 2.17 bits per heavy atom. The van der Waals surface area contributed by atoms with Crippen molar-refractivity contribution in [2.75, 3.05) is 6.54 Å². The lowest BCUT2D eigenvalue weighted by molar-refractivity contribution is -0.132. The number of hydrogen-bond acceptors (Lipinski definition) is 2. The third-order valence-corrected chi connectivity index (χ3v) is 2.95. The molecule has 102 valence electrons. The molecule has 0 saturated heterocycles. The van der Waals surface area contributed by atoms with Gasteiger partial charge in [-0.15, -0.1) is 12.4 Å². The maximum absolute atomic E-state index is 13.5. The Kier molecular flexibility index (Phi) is 7.43. The molecule has 6 heteroatoms. The lowest BCUT2D eigenvalue weighted by atomic mass is 10.2. The molecule has 1 rings (SSSR count). The van der Waals surface area contributed by atoms with Gasteiger partial charge in [-0.05, 0) is 32.0 Å². The predicted octanol–water partition coefficient (Wildman–Crippen LogP) is 2.71. The predicted molar refractivity (Wildman–Crippen MR) is 76.1 cm³/mol. The Hall–Kier alpha value is -0.650. The number of carbonyl (C=O) groups excluding carboxylic acids is 1. The molecule has 1 aromatic carbocycles. The zero-order valence-corrected chi connectivity index (χ0v) is 12.7. The maximum atomic E-state index is 13.5. The van der Waals surface area contributed by atoms with Gasteiger partial charge in [0.15, 0.2) is 0 Å². The monoisotopic (exact) mass is 338 g/mol. The number of amides is 1. The summed E-state index contributed by atoms with van der Waals surface area (Å²) in [6, 6.07) is 4.11. The quantitative estimate of drug-likeness (QED) is 0.917. The van der Waals surface area contributed by atoms with E-state index in [0.717, 1.165) is 4.47 Å². The summed E-state index contributed by atoms with van der Waals surface area (Å²) in [6.07, 6.45) is 0. The zero-order valence-electron chi connectivity index (χ0n) is 10.3. The molecule has 0 heterocycles. The fourth-order valence-corrected chi connectivity index (χ4v) is 1.91. The highest BCUT2D eigenvalue weighted by Crippen LogP contribution is 2.17. The van der Waals surface area contributed by atoms with Gasteiger partial charge in [-0.3, -0.25) is 4.79 Å². The molecule has 1 amide bonds. The molecule has 0 radical (unpaired) electrons. The molecule has 18 heavy (non-hydrogen) atoms. The van der Waals surface area contributed by atoms with Gasteiger partial charge in [-0.25, -0.2) is 4.39 Å². The summed E-state index contributed by atoms with van der Waals surface area (Å²) in [7, 11) is 0. The molecule has 3 nitrogen and oxygen atoms in total. The molecule has 0 aliphatic carbocycles. The molecule has 1 atom stereocenters. The first-order valence-corrected chi connectivity index (χ1v) is 6.23. The molecular formula is C12H17BrClFN2O. The Morgan fingerprint density at radius 1 is 1.56 bits per heavy atom. The van der Waals surface area contributed by atoms with Crippen LogP contribution in [0.5, 0.6) is 0 Å². The van der Waals surface area contributed by atoms with E-state index in [1.54, 1.807) is 19.1 Å². The Morgan fingerprint density at radius 3 is 2.67 bits per heavy atom. The van der Waals surface area contributed by atoms with Crippen LogP contribution in [-0.2, 0) is 11.3 Å². The van der Waals surface area contributed by atoms with E-state index in [4.69, 9.17) is 5.73 Å². The van der Waals surface area contributed by atoms with Crippen molar-refractivity contribution in [3.05, 3.63) is 34.1 Å². The third-order valence-electron chi connectivity index (χ3n) is 2.45. The van der Waals surface area contributed by atoms with E-state index in [9.17, 15) is 9.18 Å². The van der Waals surface area contributed by atoms with Gasteiger partial charge in [0.25, 0.3) is 0 Å². The molecule has 0 bridgehead atoms. The summed E-state index contributed by atoms with van der Waals surface area (Å²) in [5.74, 6) is -0.490.